The monoisotopic (exact) mass is 405 g/mol. The van der Waals surface area contributed by atoms with E-state index in [-0.39, 0.29) is 12.4 Å². The zero-order valence-corrected chi connectivity index (χ0v) is 17.7. The minimum Gasteiger partial charge on any atom is -0.489 e. The molecule has 3 aromatic rings. The molecular weight excluding hydrogens is 378 g/mol. The number of aromatic nitrogens is 1. The first-order valence-corrected chi connectivity index (χ1v) is 10.1. The van der Waals surface area contributed by atoms with E-state index in [4.69, 9.17) is 9.47 Å². The minimum absolute atomic E-state index is 0.193. The molecule has 0 aliphatic heterocycles. The van der Waals surface area contributed by atoms with Crippen LogP contribution in [0.4, 0.5) is 0 Å². The molecular formula is C25H27NO4. The van der Waals surface area contributed by atoms with E-state index in [2.05, 4.69) is 11.5 Å². The highest BCUT2D eigenvalue weighted by molar-refractivity contribution is 6.00. The maximum atomic E-state index is 12.5. The van der Waals surface area contributed by atoms with Gasteiger partial charge in [-0.3, -0.25) is 4.79 Å². The normalized spacial score (nSPS) is 10.6. The van der Waals surface area contributed by atoms with Crippen LogP contribution in [0.5, 0.6) is 5.75 Å². The molecule has 1 aromatic heterocycles. The van der Waals surface area contributed by atoms with Gasteiger partial charge >= 0.3 is 5.97 Å². The Morgan fingerprint density at radius 2 is 1.67 bits per heavy atom. The number of esters is 1. The van der Waals surface area contributed by atoms with Gasteiger partial charge in [-0.1, -0.05) is 37.3 Å². The van der Waals surface area contributed by atoms with Gasteiger partial charge in [-0.25, -0.2) is 4.79 Å². The number of hydrogen-bond acceptors (Lipinski definition) is 4. The van der Waals surface area contributed by atoms with Crippen LogP contribution in [0.3, 0.4) is 0 Å². The second-order valence-corrected chi connectivity index (χ2v) is 7.23. The molecule has 30 heavy (non-hydrogen) atoms. The third kappa shape index (κ3) is 5.17. The molecule has 0 radical (unpaired) electrons. The molecule has 0 spiro atoms. The third-order valence-corrected chi connectivity index (χ3v) is 4.99. The fourth-order valence-corrected chi connectivity index (χ4v) is 3.37. The van der Waals surface area contributed by atoms with E-state index in [9.17, 15) is 9.59 Å². The van der Waals surface area contributed by atoms with Crippen LogP contribution in [0, 0.1) is 13.8 Å². The molecule has 0 aliphatic carbocycles. The Hall–Kier alpha value is -3.34. The van der Waals surface area contributed by atoms with Gasteiger partial charge in [0.15, 0.2) is 6.61 Å². The smallest absolute Gasteiger partial charge is 0.338 e. The summed E-state index contributed by atoms with van der Waals surface area (Å²) in [7, 11) is 0. The van der Waals surface area contributed by atoms with Gasteiger partial charge in [0.25, 0.3) is 0 Å². The van der Waals surface area contributed by atoms with E-state index in [1.807, 2.05) is 50.2 Å². The number of benzene rings is 2. The molecule has 3 rings (SSSR count). The second kappa shape index (κ2) is 9.92. The molecule has 0 amide bonds. The summed E-state index contributed by atoms with van der Waals surface area (Å²) in [6, 6.07) is 18.4. The number of hydrogen-bond donors (Lipinski definition) is 0. The summed E-state index contributed by atoms with van der Waals surface area (Å²) in [6.07, 6.45) is 0.990. The highest BCUT2D eigenvalue weighted by Crippen LogP contribution is 2.18. The lowest BCUT2D eigenvalue weighted by molar-refractivity contribution is 0.0474. The van der Waals surface area contributed by atoms with Crippen LogP contribution in [0.25, 0.3) is 0 Å². The van der Waals surface area contributed by atoms with Crippen LogP contribution in [0.2, 0.25) is 0 Å². The number of ketones is 1. The van der Waals surface area contributed by atoms with Crippen LogP contribution in [-0.4, -0.2) is 22.9 Å². The summed E-state index contributed by atoms with van der Waals surface area (Å²) in [5.41, 5.74) is 4.01. The zero-order chi connectivity index (χ0) is 21.5. The van der Waals surface area contributed by atoms with E-state index in [1.54, 1.807) is 24.3 Å². The Bertz CT molecular complexity index is 1000. The van der Waals surface area contributed by atoms with Crippen molar-refractivity contribution in [3.63, 3.8) is 0 Å². The second-order valence-electron chi connectivity index (χ2n) is 7.23. The molecule has 2 aromatic carbocycles. The molecule has 156 valence electrons. The molecule has 5 nitrogen and oxygen atoms in total. The molecule has 0 atom stereocenters. The maximum absolute atomic E-state index is 12.5. The highest BCUT2D eigenvalue weighted by Gasteiger charge is 2.17. The van der Waals surface area contributed by atoms with Crippen LogP contribution < -0.4 is 4.74 Å². The molecule has 0 bridgehead atoms. The lowest BCUT2D eigenvalue weighted by Gasteiger charge is -2.09. The summed E-state index contributed by atoms with van der Waals surface area (Å²) < 4.78 is 13.1. The summed E-state index contributed by atoms with van der Waals surface area (Å²) in [5, 5.41) is 0. The first kappa shape index (κ1) is 21.4. The Morgan fingerprint density at radius 1 is 0.967 bits per heavy atom. The van der Waals surface area contributed by atoms with E-state index < -0.39 is 5.97 Å². The van der Waals surface area contributed by atoms with Crippen molar-refractivity contribution in [1.82, 2.24) is 4.57 Å². The van der Waals surface area contributed by atoms with E-state index >= 15 is 0 Å². The standard InChI is InChI=1S/C25H27NO4/c1-4-14-26-18(2)15-23(19(26)3)24(27)17-30-25(28)21-10-12-22(13-11-21)29-16-20-8-6-5-7-9-20/h5-13,15H,4,14,16-17H2,1-3H3. The van der Waals surface area contributed by atoms with E-state index in [0.29, 0.717) is 23.5 Å². The number of carbonyl (C=O) groups is 2. The summed E-state index contributed by atoms with van der Waals surface area (Å²) in [4.78, 5) is 24.8. The number of nitrogens with zero attached hydrogens (tertiary/aromatic N) is 1. The van der Waals surface area contributed by atoms with Crippen molar-refractivity contribution in [2.45, 2.75) is 40.3 Å². The molecule has 0 N–H and O–H groups in total. The van der Waals surface area contributed by atoms with Gasteiger partial charge in [-0.05, 0) is 56.2 Å². The number of rotatable bonds is 9. The number of aryl methyl sites for hydroxylation is 1. The maximum Gasteiger partial charge on any atom is 0.338 e. The van der Waals surface area contributed by atoms with Crippen molar-refractivity contribution in [1.29, 1.82) is 0 Å². The van der Waals surface area contributed by atoms with E-state index in [0.717, 1.165) is 29.9 Å². The third-order valence-electron chi connectivity index (χ3n) is 4.99. The van der Waals surface area contributed by atoms with Crippen molar-refractivity contribution in [2.75, 3.05) is 6.61 Å². The van der Waals surface area contributed by atoms with Crippen molar-refractivity contribution in [3.05, 3.63) is 88.7 Å². The highest BCUT2D eigenvalue weighted by atomic mass is 16.5. The molecule has 0 saturated carbocycles. The van der Waals surface area contributed by atoms with Gasteiger partial charge < -0.3 is 14.0 Å². The van der Waals surface area contributed by atoms with Gasteiger partial charge in [0.05, 0.1) is 5.56 Å². The average Bonchev–Trinajstić information content (AvgIpc) is 3.05. The SMILES string of the molecule is CCCn1c(C)cc(C(=O)COC(=O)c2ccc(OCc3ccccc3)cc2)c1C. The predicted molar refractivity (Wildman–Crippen MR) is 116 cm³/mol. The summed E-state index contributed by atoms with van der Waals surface area (Å²) >= 11 is 0. The summed E-state index contributed by atoms with van der Waals surface area (Å²) in [6.45, 7) is 7.04. The Morgan fingerprint density at radius 3 is 2.33 bits per heavy atom. The van der Waals surface area contributed by atoms with Gasteiger partial charge in [0, 0.05) is 23.5 Å². The lowest BCUT2D eigenvalue weighted by Crippen LogP contribution is -2.15. The largest absolute Gasteiger partial charge is 0.489 e. The molecule has 0 fully saturated rings. The fraction of sp³-hybridized carbons (Fsp3) is 0.280. The molecule has 5 heteroatoms. The van der Waals surface area contributed by atoms with Crippen LogP contribution >= 0.6 is 0 Å². The zero-order valence-electron chi connectivity index (χ0n) is 17.7. The number of carbonyl (C=O) groups excluding carboxylic acids is 2. The first-order chi connectivity index (χ1) is 14.5. The van der Waals surface area contributed by atoms with Gasteiger partial charge in [-0.2, -0.15) is 0 Å². The number of Topliss-reactive ketones (excluding diaryl/α,β-unsaturated/α-hetero) is 1. The predicted octanol–water partition coefficient (Wildman–Crippen LogP) is 5.13. The van der Waals surface area contributed by atoms with Crippen molar-refractivity contribution >= 4 is 11.8 Å². The quantitative estimate of drug-likeness (QED) is 0.366. The van der Waals surface area contributed by atoms with Gasteiger partial charge in [0.2, 0.25) is 5.78 Å². The first-order valence-electron chi connectivity index (χ1n) is 10.1. The fourth-order valence-electron chi connectivity index (χ4n) is 3.37. The van der Waals surface area contributed by atoms with Crippen LogP contribution in [0.1, 0.15) is 51.0 Å². The Balaban J connectivity index is 1.54. The Labute approximate surface area is 177 Å². The Kier molecular flexibility index (Phi) is 7.07. The molecule has 0 saturated heterocycles. The van der Waals surface area contributed by atoms with Gasteiger partial charge in [0.1, 0.15) is 12.4 Å². The van der Waals surface area contributed by atoms with E-state index in [1.165, 1.54) is 0 Å². The molecule has 0 aliphatic rings. The molecule has 0 unspecified atom stereocenters. The topological polar surface area (TPSA) is 57.5 Å². The van der Waals surface area contributed by atoms with Crippen molar-refractivity contribution in [3.8, 4) is 5.75 Å². The lowest BCUT2D eigenvalue weighted by atomic mass is 10.1. The van der Waals surface area contributed by atoms with Crippen molar-refractivity contribution < 1.29 is 19.1 Å². The number of ether oxygens (including phenoxy) is 2. The minimum atomic E-state index is -0.527. The van der Waals surface area contributed by atoms with Crippen LogP contribution in [0.15, 0.2) is 60.7 Å². The summed E-state index contributed by atoms with van der Waals surface area (Å²) in [5.74, 6) is -0.0585. The van der Waals surface area contributed by atoms with Gasteiger partial charge in [-0.15, -0.1) is 0 Å². The van der Waals surface area contributed by atoms with Crippen molar-refractivity contribution in [2.24, 2.45) is 0 Å². The molecule has 1 heterocycles. The average molecular weight is 405 g/mol. The van der Waals surface area contributed by atoms with Crippen LogP contribution in [-0.2, 0) is 17.9 Å².